The monoisotopic (exact) mass is 472 g/mol. The Morgan fingerprint density at radius 3 is 1.83 bits per heavy atom. The fraction of sp³-hybridized carbons (Fsp3) is 0.241. The Hall–Kier alpha value is -4.06. The molecule has 3 aromatic carbocycles. The highest BCUT2D eigenvalue weighted by molar-refractivity contribution is 6.37. The van der Waals surface area contributed by atoms with Gasteiger partial charge in [0.25, 0.3) is 0 Å². The lowest BCUT2D eigenvalue weighted by atomic mass is 9.80. The molecule has 0 radical (unpaired) electrons. The minimum atomic E-state index is -1.10. The van der Waals surface area contributed by atoms with E-state index in [0.717, 1.165) is 16.7 Å². The van der Waals surface area contributed by atoms with Gasteiger partial charge in [0, 0.05) is 29.2 Å². The number of rotatable bonds is 8. The van der Waals surface area contributed by atoms with Crippen molar-refractivity contribution < 1.29 is 28.5 Å². The Kier molecular flexibility index (Phi) is 7.20. The van der Waals surface area contributed by atoms with Crippen molar-refractivity contribution in [3.63, 3.8) is 0 Å². The molecule has 180 valence electrons. The van der Waals surface area contributed by atoms with Crippen LogP contribution >= 0.6 is 0 Å². The fourth-order valence-corrected chi connectivity index (χ4v) is 4.73. The molecule has 0 spiro atoms. The van der Waals surface area contributed by atoms with Crippen molar-refractivity contribution >= 4 is 22.9 Å². The molecule has 3 aromatic rings. The first-order valence-electron chi connectivity index (χ1n) is 11.4. The van der Waals surface area contributed by atoms with E-state index in [0.29, 0.717) is 28.4 Å². The van der Waals surface area contributed by atoms with Crippen LogP contribution in [0.15, 0.2) is 72.8 Å². The van der Waals surface area contributed by atoms with Gasteiger partial charge in [-0.25, -0.2) is 0 Å². The second-order valence-electron chi connectivity index (χ2n) is 8.04. The maximum Gasteiger partial charge on any atom is 0.317 e. The number of esters is 1. The van der Waals surface area contributed by atoms with Crippen LogP contribution in [0.4, 0.5) is 0 Å². The van der Waals surface area contributed by atoms with E-state index in [2.05, 4.69) is 0 Å². The third-order valence-corrected chi connectivity index (χ3v) is 6.19. The number of methoxy groups -OCH3 is 3. The molecule has 0 amide bonds. The molecule has 1 aliphatic carbocycles. The maximum atomic E-state index is 14.0. The van der Waals surface area contributed by atoms with Crippen molar-refractivity contribution in [3.05, 3.63) is 89.5 Å². The van der Waals surface area contributed by atoms with E-state index < -0.39 is 17.8 Å². The highest BCUT2D eigenvalue weighted by Gasteiger charge is 2.50. The first-order chi connectivity index (χ1) is 17.0. The molecule has 1 aliphatic rings. The van der Waals surface area contributed by atoms with Crippen molar-refractivity contribution in [1.82, 2.24) is 0 Å². The zero-order valence-corrected chi connectivity index (χ0v) is 20.2. The van der Waals surface area contributed by atoms with Gasteiger partial charge >= 0.3 is 5.97 Å². The summed E-state index contributed by atoms with van der Waals surface area (Å²) >= 11 is 0. The summed E-state index contributed by atoms with van der Waals surface area (Å²) in [5.74, 6) is -1.23. The number of Topliss-reactive ketones (excluding diaryl/α,β-unsaturated/α-hetero) is 1. The molecule has 0 aliphatic heterocycles. The van der Waals surface area contributed by atoms with Gasteiger partial charge in [0.2, 0.25) is 0 Å². The molecular weight excluding hydrogens is 444 g/mol. The Balaban J connectivity index is 2.09. The van der Waals surface area contributed by atoms with Crippen LogP contribution in [-0.2, 0) is 14.3 Å². The van der Waals surface area contributed by atoms with Gasteiger partial charge in [-0.05, 0) is 23.6 Å². The van der Waals surface area contributed by atoms with Crippen molar-refractivity contribution in [2.45, 2.75) is 12.8 Å². The minimum absolute atomic E-state index is 0.160. The first-order valence-corrected chi connectivity index (χ1v) is 11.4. The lowest BCUT2D eigenvalue weighted by Gasteiger charge is -2.25. The molecule has 2 atom stereocenters. The predicted octanol–water partition coefficient (Wildman–Crippen LogP) is 5.17. The van der Waals surface area contributed by atoms with E-state index in [1.807, 2.05) is 60.7 Å². The molecule has 0 heterocycles. The number of benzene rings is 3. The molecule has 0 saturated heterocycles. The van der Waals surface area contributed by atoms with Gasteiger partial charge in [-0.2, -0.15) is 0 Å². The fourth-order valence-electron chi connectivity index (χ4n) is 4.73. The highest BCUT2D eigenvalue weighted by atomic mass is 16.5. The lowest BCUT2D eigenvalue weighted by molar-refractivity contribution is -0.150. The summed E-state index contributed by atoms with van der Waals surface area (Å²) in [7, 11) is 4.63. The molecular formula is C29H28O6. The summed E-state index contributed by atoms with van der Waals surface area (Å²) < 4.78 is 22.3. The van der Waals surface area contributed by atoms with E-state index in [1.54, 1.807) is 26.2 Å². The number of ether oxygens (including phenoxy) is 4. The van der Waals surface area contributed by atoms with Gasteiger partial charge in [-0.3, -0.25) is 9.59 Å². The average molecular weight is 473 g/mol. The average Bonchev–Trinajstić information content (AvgIpc) is 3.21. The molecule has 4 rings (SSSR count). The first kappa shape index (κ1) is 24.1. The van der Waals surface area contributed by atoms with E-state index in [9.17, 15) is 9.59 Å². The third-order valence-electron chi connectivity index (χ3n) is 6.19. The van der Waals surface area contributed by atoms with Crippen LogP contribution in [0.2, 0.25) is 0 Å². The van der Waals surface area contributed by atoms with Crippen LogP contribution in [0.3, 0.4) is 0 Å². The summed E-state index contributed by atoms with van der Waals surface area (Å²) in [5, 5.41) is 0. The number of hydrogen-bond acceptors (Lipinski definition) is 6. The summed E-state index contributed by atoms with van der Waals surface area (Å²) in [6.07, 6.45) is 0. The quantitative estimate of drug-likeness (QED) is 0.333. The molecule has 0 N–H and O–H groups in total. The standard InChI is InChI=1S/C29H28O6/c1-5-35-29(31)27-26(25-21(33-3)16-20(32-2)17-22(25)34-4)23(18-12-8-6-9-13-18)24(28(27)30)19-14-10-7-11-15-19/h6-17,26-27H,5H2,1-4H3/t26-,27-/m1/s1. The van der Waals surface area contributed by atoms with Gasteiger partial charge in [-0.15, -0.1) is 0 Å². The second-order valence-corrected chi connectivity index (χ2v) is 8.04. The molecule has 6 heteroatoms. The predicted molar refractivity (Wildman–Crippen MR) is 134 cm³/mol. The lowest BCUT2D eigenvalue weighted by Crippen LogP contribution is -2.28. The van der Waals surface area contributed by atoms with E-state index >= 15 is 0 Å². The number of hydrogen-bond donors (Lipinski definition) is 0. The maximum absolute atomic E-state index is 14.0. The number of ketones is 1. The zero-order chi connectivity index (χ0) is 24.9. The summed E-state index contributed by atoms with van der Waals surface area (Å²) in [4.78, 5) is 27.4. The van der Waals surface area contributed by atoms with E-state index in [-0.39, 0.29) is 12.4 Å². The zero-order valence-electron chi connectivity index (χ0n) is 20.2. The molecule has 0 saturated carbocycles. The van der Waals surface area contributed by atoms with Crippen LogP contribution in [0.25, 0.3) is 11.1 Å². The van der Waals surface area contributed by atoms with Crippen molar-refractivity contribution in [1.29, 1.82) is 0 Å². The Bertz CT molecular complexity index is 1220. The van der Waals surface area contributed by atoms with Gasteiger partial charge in [0.05, 0.1) is 27.9 Å². The van der Waals surface area contributed by atoms with Crippen LogP contribution < -0.4 is 14.2 Å². The van der Waals surface area contributed by atoms with Gasteiger partial charge in [-0.1, -0.05) is 60.7 Å². The largest absolute Gasteiger partial charge is 0.496 e. The molecule has 0 unspecified atom stereocenters. The summed E-state index contributed by atoms with van der Waals surface area (Å²) in [6, 6.07) is 22.5. The van der Waals surface area contributed by atoms with Crippen molar-refractivity contribution in [2.75, 3.05) is 27.9 Å². The number of carbonyl (C=O) groups is 2. The van der Waals surface area contributed by atoms with Crippen LogP contribution in [0.5, 0.6) is 17.2 Å². The number of carbonyl (C=O) groups excluding carboxylic acids is 2. The molecule has 6 nitrogen and oxygen atoms in total. The van der Waals surface area contributed by atoms with Crippen molar-refractivity contribution in [3.8, 4) is 17.2 Å². The Labute approximate surface area is 205 Å². The number of allylic oxidation sites excluding steroid dienone is 2. The molecule has 0 aromatic heterocycles. The van der Waals surface area contributed by atoms with E-state index in [1.165, 1.54) is 14.2 Å². The Morgan fingerprint density at radius 1 is 0.800 bits per heavy atom. The van der Waals surface area contributed by atoms with Crippen molar-refractivity contribution in [2.24, 2.45) is 5.92 Å². The summed E-state index contributed by atoms with van der Waals surface area (Å²) in [6.45, 7) is 1.89. The molecule has 35 heavy (non-hydrogen) atoms. The smallest absolute Gasteiger partial charge is 0.317 e. The van der Waals surface area contributed by atoms with Crippen LogP contribution in [0.1, 0.15) is 29.5 Å². The van der Waals surface area contributed by atoms with E-state index in [4.69, 9.17) is 18.9 Å². The minimum Gasteiger partial charge on any atom is -0.496 e. The Morgan fingerprint density at radius 2 is 1.34 bits per heavy atom. The second kappa shape index (κ2) is 10.5. The van der Waals surface area contributed by atoms with Crippen LogP contribution in [0, 0.1) is 5.92 Å². The molecule has 0 fully saturated rings. The topological polar surface area (TPSA) is 71.1 Å². The summed E-state index contributed by atoms with van der Waals surface area (Å²) in [5.41, 5.74) is 3.37. The molecule has 0 bridgehead atoms. The SMILES string of the molecule is CCOC(=O)[C@H]1C(=O)C(c2ccccc2)=C(c2ccccc2)[C@@H]1c1c(OC)cc(OC)cc1OC. The van der Waals surface area contributed by atoms with Gasteiger partial charge in [0.15, 0.2) is 5.78 Å². The highest BCUT2D eigenvalue weighted by Crippen LogP contribution is 2.55. The normalized spacial score (nSPS) is 17.3. The van der Waals surface area contributed by atoms with Gasteiger partial charge in [0.1, 0.15) is 23.2 Å². The third kappa shape index (κ3) is 4.39. The van der Waals surface area contributed by atoms with Gasteiger partial charge < -0.3 is 18.9 Å². The van der Waals surface area contributed by atoms with Crippen LogP contribution in [-0.4, -0.2) is 39.7 Å².